The SMILES string of the molecule is C=CCOC1(C)CCN(c2c(C(OC(C)(C)C)C(=O)O)c(C)nc3cc(-c4ncc(Cc5ccccc5OC(C)CC=C)s4)nn23)CC1. The number of aryl methyl sites for hydroxylation is 1. The molecule has 4 heterocycles. The minimum Gasteiger partial charge on any atom is -0.490 e. The van der Waals surface area contributed by atoms with Gasteiger partial charge in [-0.05, 0) is 66.0 Å². The van der Waals surface area contributed by atoms with Crippen LogP contribution >= 0.6 is 11.3 Å². The van der Waals surface area contributed by atoms with Crippen LogP contribution in [-0.4, -0.2) is 67.7 Å². The number of fused-ring (bicyclic) bond motifs is 1. The van der Waals surface area contributed by atoms with Gasteiger partial charge in [0.25, 0.3) is 0 Å². The number of carboxylic acids is 1. The molecule has 2 unspecified atom stereocenters. The summed E-state index contributed by atoms with van der Waals surface area (Å²) in [5.74, 6) is 0.443. The highest BCUT2D eigenvalue weighted by Gasteiger charge is 2.37. The molecule has 1 fully saturated rings. The number of ether oxygens (including phenoxy) is 3. The van der Waals surface area contributed by atoms with Crippen LogP contribution in [0.1, 0.15) is 81.7 Å². The van der Waals surface area contributed by atoms with Gasteiger partial charge in [-0.2, -0.15) is 9.61 Å². The number of hydrogen-bond donors (Lipinski definition) is 1. The van der Waals surface area contributed by atoms with E-state index in [4.69, 9.17) is 29.3 Å². The van der Waals surface area contributed by atoms with E-state index < -0.39 is 17.7 Å². The first-order valence-electron chi connectivity index (χ1n) is 16.4. The second-order valence-electron chi connectivity index (χ2n) is 13.6. The van der Waals surface area contributed by atoms with E-state index in [1.807, 2.05) is 71.2 Å². The maximum Gasteiger partial charge on any atom is 0.337 e. The molecule has 0 aliphatic carbocycles. The van der Waals surface area contributed by atoms with Crippen molar-refractivity contribution in [2.75, 3.05) is 24.6 Å². The Morgan fingerprint density at radius 2 is 1.92 bits per heavy atom. The van der Waals surface area contributed by atoms with E-state index in [1.54, 1.807) is 21.9 Å². The highest BCUT2D eigenvalue weighted by atomic mass is 32.1. The number of rotatable bonds is 14. The van der Waals surface area contributed by atoms with E-state index in [0.717, 1.165) is 40.5 Å². The quantitative estimate of drug-likeness (QED) is 0.135. The number of piperidine rings is 1. The Hall–Kier alpha value is -4.06. The molecule has 4 aromatic rings. The molecular weight excluding hydrogens is 627 g/mol. The van der Waals surface area contributed by atoms with Gasteiger partial charge in [-0.25, -0.2) is 14.8 Å². The second-order valence-corrected chi connectivity index (χ2v) is 14.7. The van der Waals surface area contributed by atoms with Crippen molar-refractivity contribution in [2.45, 2.75) is 90.6 Å². The number of hydrogen-bond acceptors (Lipinski definition) is 9. The highest BCUT2D eigenvalue weighted by Crippen LogP contribution is 2.39. The number of aromatic nitrogens is 4. The van der Waals surface area contributed by atoms with Gasteiger partial charge in [0, 0.05) is 48.8 Å². The molecule has 1 N–H and O–H groups in total. The third kappa shape index (κ3) is 8.14. The maximum atomic E-state index is 12.8. The van der Waals surface area contributed by atoms with E-state index in [0.29, 0.717) is 54.5 Å². The summed E-state index contributed by atoms with van der Waals surface area (Å²) in [4.78, 5) is 25.6. The molecule has 0 saturated carbocycles. The monoisotopic (exact) mass is 673 g/mol. The fraction of sp³-hybridized carbons (Fsp3) is 0.459. The van der Waals surface area contributed by atoms with Crippen LogP contribution in [0.4, 0.5) is 5.82 Å². The lowest BCUT2D eigenvalue weighted by Gasteiger charge is -2.41. The summed E-state index contributed by atoms with van der Waals surface area (Å²) in [5.41, 5.74) is 2.43. The van der Waals surface area contributed by atoms with Gasteiger partial charge in [0.1, 0.15) is 22.3 Å². The number of anilines is 1. The lowest BCUT2D eigenvalue weighted by molar-refractivity contribution is -0.160. The molecule has 0 spiro atoms. The third-order valence-corrected chi connectivity index (χ3v) is 9.39. The summed E-state index contributed by atoms with van der Waals surface area (Å²) < 4.78 is 20.3. The summed E-state index contributed by atoms with van der Waals surface area (Å²) in [6.45, 7) is 20.9. The molecule has 1 aliphatic heterocycles. The van der Waals surface area contributed by atoms with Crippen molar-refractivity contribution in [2.24, 2.45) is 0 Å². The molecule has 0 amide bonds. The number of aliphatic carboxylic acids is 1. The van der Waals surface area contributed by atoms with Crippen LogP contribution in [0, 0.1) is 6.92 Å². The molecule has 1 aromatic carbocycles. The third-order valence-electron chi connectivity index (χ3n) is 8.37. The number of nitrogens with zero attached hydrogens (tertiary/aromatic N) is 5. The highest BCUT2D eigenvalue weighted by molar-refractivity contribution is 7.15. The van der Waals surface area contributed by atoms with Crippen molar-refractivity contribution in [3.05, 3.63) is 83.5 Å². The summed E-state index contributed by atoms with van der Waals surface area (Å²) in [6.07, 6.45) is 7.23. The molecule has 1 saturated heterocycles. The molecule has 2 atom stereocenters. The Balaban J connectivity index is 1.53. The van der Waals surface area contributed by atoms with Crippen LogP contribution in [0.25, 0.3) is 16.3 Å². The zero-order chi connectivity index (χ0) is 34.6. The van der Waals surface area contributed by atoms with Gasteiger partial charge in [-0.1, -0.05) is 30.4 Å². The van der Waals surface area contributed by atoms with Crippen LogP contribution in [0.5, 0.6) is 5.75 Å². The number of para-hydroxylation sites is 1. The predicted octanol–water partition coefficient (Wildman–Crippen LogP) is 7.60. The largest absolute Gasteiger partial charge is 0.490 e. The Bertz CT molecular complexity index is 1770. The summed E-state index contributed by atoms with van der Waals surface area (Å²) in [7, 11) is 0. The van der Waals surface area contributed by atoms with Crippen molar-refractivity contribution < 1.29 is 24.1 Å². The van der Waals surface area contributed by atoms with Gasteiger partial charge < -0.3 is 24.2 Å². The summed E-state index contributed by atoms with van der Waals surface area (Å²) >= 11 is 1.57. The van der Waals surface area contributed by atoms with Crippen molar-refractivity contribution in [1.29, 1.82) is 0 Å². The number of benzene rings is 1. The molecule has 48 heavy (non-hydrogen) atoms. The average molecular weight is 674 g/mol. The molecule has 5 rings (SSSR count). The number of carbonyl (C=O) groups is 1. The number of thiazole rings is 1. The molecule has 10 nitrogen and oxygen atoms in total. The molecule has 3 aromatic heterocycles. The lowest BCUT2D eigenvalue weighted by Crippen LogP contribution is -2.45. The van der Waals surface area contributed by atoms with Gasteiger partial charge in [0.2, 0.25) is 0 Å². The first-order chi connectivity index (χ1) is 22.8. The molecule has 11 heteroatoms. The molecule has 1 aliphatic rings. The minimum absolute atomic E-state index is 0.0246. The van der Waals surface area contributed by atoms with E-state index >= 15 is 0 Å². The predicted molar refractivity (Wildman–Crippen MR) is 190 cm³/mol. The molecular formula is C37H47N5O5S. The summed E-state index contributed by atoms with van der Waals surface area (Å²) in [5, 5.41) is 16.2. The van der Waals surface area contributed by atoms with E-state index in [-0.39, 0.29) is 11.7 Å². The van der Waals surface area contributed by atoms with Crippen LogP contribution < -0.4 is 9.64 Å². The first-order valence-corrected chi connectivity index (χ1v) is 17.2. The smallest absolute Gasteiger partial charge is 0.337 e. The van der Waals surface area contributed by atoms with Gasteiger partial charge in [-0.15, -0.1) is 24.5 Å². The molecule has 0 radical (unpaired) electrons. The average Bonchev–Trinajstić information content (AvgIpc) is 3.66. The van der Waals surface area contributed by atoms with Crippen LogP contribution in [-0.2, 0) is 20.7 Å². The van der Waals surface area contributed by atoms with Crippen molar-refractivity contribution in [1.82, 2.24) is 19.6 Å². The zero-order valence-electron chi connectivity index (χ0n) is 28.9. The normalized spacial score (nSPS) is 16.1. The van der Waals surface area contributed by atoms with Gasteiger partial charge >= 0.3 is 5.97 Å². The van der Waals surface area contributed by atoms with Crippen LogP contribution in [0.3, 0.4) is 0 Å². The second kappa shape index (κ2) is 14.6. The van der Waals surface area contributed by atoms with Gasteiger partial charge in [0.05, 0.1) is 29.5 Å². The fourth-order valence-electron chi connectivity index (χ4n) is 5.97. The minimum atomic E-state index is -1.24. The van der Waals surface area contributed by atoms with E-state index in [2.05, 4.69) is 31.0 Å². The topological polar surface area (TPSA) is 111 Å². The Morgan fingerprint density at radius 1 is 1.19 bits per heavy atom. The maximum absolute atomic E-state index is 12.8. The number of carboxylic acid groups (broad SMARTS) is 1. The lowest BCUT2D eigenvalue weighted by atomic mass is 9.92. The van der Waals surface area contributed by atoms with Gasteiger partial charge in [0.15, 0.2) is 11.8 Å². The first kappa shape index (κ1) is 35.3. The Morgan fingerprint density at radius 3 is 2.58 bits per heavy atom. The molecule has 0 bridgehead atoms. The summed E-state index contributed by atoms with van der Waals surface area (Å²) in [6, 6.07) is 9.98. The standard InChI is InChI=1S/C37H47N5O5S/c1-9-13-24(3)46-29-15-12-11-14-26(29)21-27-23-38-33(48-27)28-22-30-39-25(4)31(32(35(43)44)47-36(5,6)7)34(42(30)40-28)41-18-16-37(8,17-19-41)45-20-10-2/h9-12,14-15,22-24,32H,1-2,13,16-21H2,3-8H3,(H,43,44). The van der Waals surface area contributed by atoms with Crippen molar-refractivity contribution in [3.63, 3.8) is 0 Å². The zero-order valence-corrected chi connectivity index (χ0v) is 29.7. The molecule has 256 valence electrons. The fourth-order valence-corrected chi connectivity index (χ4v) is 6.86. The van der Waals surface area contributed by atoms with E-state index in [9.17, 15) is 9.90 Å². The Labute approximate surface area is 287 Å². The van der Waals surface area contributed by atoms with Gasteiger partial charge in [-0.3, -0.25) is 0 Å². The van der Waals surface area contributed by atoms with Crippen molar-refractivity contribution in [3.8, 4) is 16.5 Å². The van der Waals surface area contributed by atoms with Crippen LogP contribution in [0.15, 0.2) is 61.8 Å². The van der Waals surface area contributed by atoms with Crippen molar-refractivity contribution >= 4 is 28.8 Å². The Kier molecular flexibility index (Phi) is 10.7. The van der Waals surface area contributed by atoms with Crippen LogP contribution in [0.2, 0.25) is 0 Å². The van der Waals surface area contributed by atoms with E-state index in [1.165, 1.54) is 0 Å².